The molecule has 1 aromatic heterocycles. The number of halogens is 1. The summed E-state index contributed by atoms with van der Waals surface area (Å²) in [4.78, 5) is 15.3. The van der Waals surface area contributed by atoms with Crippen LogP contribution < -0.4 is 5.32 Å². The summed E-state index contributed by atoms with van der Waals surface area (Å²) in [7, 11) is 0. The average Bonchev–Trinajstić information content (AvgIpc) is 2.68. The van der Waals surface area contributed by atoms with Gasteiger partial charge in [-0.2, -0.15) is 0 Å². The van der Waals surface area contributed by atoms with Crippen LogP contribution in [-0.4, -0.2) is 16.8 Å². The van der Waals surface area contributed by atoms with Gasteiger partial charge in [-0.1, -0.05) is 0 Å². The van der Waals surface area contributed by atoms with Gasteiger partial charge in [-0.15, -0.1) is 22.9 Å². The Balaban J connectivity index is 2.09. The molecule has 1 N–H and O–H groups in total. The molecule has 78 valence electrons. The predicted molar refractivity (Wildman–Crippen MR) is 58.5 cm³/mol. The van der Waals surface area contributed by atoms with Crippen molar-refractivity contribution in [1.82, 2.24) is 10.3 Å². The van der Waals surface area contributed by atoms with E-state index in [0.717, 1.165) is 18.5 Å². The van der Waals surface area contributed by atoms with E-state index in [1.54, 1.807) is 5.51 Å². The number of hydrogen-bond donors (Lipinski definition) is 1. The van der Waals surface area contributed by atoms with Gasteiger partial charge in [-0.3, -0.25) is 4.79 Å². The number of amides is 1. The van der Waals surface area contributed by atoms with Crippen LogP contribution in [0.1, 0.15) is 25.0 Å². The molecule has 0 spiro atoms. The molecule has 0 aliphatic rings. The topological polar surface area (TPSA) is 42.0 Å². The molecular formula is C9H13ClN2OS. The molecule has 0 bridgehead atoms. The molecule has 0 radical (unpaired) electrons. The quantitative estimate of drug-likeness (QED) is 0.603. The van der Waals surface area contributed by atoms with Gasteiger partial charge in [-0.25, -0.2) is 4.98 Å². The molecule has 1 aromatic rings. The van der Waals surface area contributed by atoms with Crippen molar-refractivity contribution in [3.63, 3.8) is 0 Å². The van der Waals surface area contributed by atoms with Crippen LogP contribution in [0.15, 0.2) is 10.9 Å². The fourth-order valence-corrected chi connectivity index (χ4v) is 1.73. The van der Waals surface area contributed by atoms with Crippen LogP contribution >= 0.6 is 22.9 Å². The van der Waals surface area contributed by atoms with E-state index in [0.29, 0.717) is 18.8 Å². The Bertz CT molecular complexity index is 264. The van der Waals surface area contributed by atoms with Crippen LogP contribution in [0, 0.1) is 0 Å². The van der Waals surface area contributed by atoms with Crippen LogP contribution in [0.3, 0.4) is 0 Å². The number of unbranched alkanes of at least 4 members (excludes halogenated alkanes) is 1. The molecule has 0 fully saturated rings. The van der Waals surface area contributed by atoms with Crippen molar-refractivity contribution in [3.05, 3.63) is 16.6 Å². The lowest BCUT2D eigenvalue weighted by Crippen LogP contribution is -2.22. The van der Waals surface area contributed by atoms with Gasteiger partial charge in [0.15, 0.2) is 0 Å². The number of nitrogens with zero attached hydrogens (tertiary/aromatic N) is 1. The lowest BCUT2D eigenvalue weighted by molar-refractivity contribution is -0.121. The highest BCUT2D eigenvalue weighted by Crippen LogP contribution is 2.01. The van der Waals surface area contributed by atoms with Crippen LogP contribution in [-0.2, 0) is 11.3 Å². The summed E-state index contributed by atoms with van der Waals surface area (Å²) in [6.07, 6.45) is 2.30. The molecule has 0 aliphatic heterocycles. The number of rotatable bonds is 6. The molecule has 0 atom stereocenters. The van der Waals surface area contributed by atoms with Gasteiger partial charge in [-0.05, 0) is 12.8 Å². The highest BCUT2D eigenvalue weighted by molar-refractivity contribution is 7.07. The van der Waals surface area contributed by atoms with Crippen LogP contribution in [0.4, 0.5) is 0 Å². The predicted octanol–water partition coefficient (Wildman–Crippen LogP) is 2.17. The second-order valence-corrected chi connectivity index (χ2v) is 4.00. The lowest BCUT2D eigenvalue weighted by Gasteiger charge is -2.01. The van der Waals surface area contributed by atoms with Crippen molar-refractivity contribution < 1.29 is 4.79 Å². The third kappa shape index (κ3) is 4.58. The Kier molecular flexibility index (Phi) is 5.56. The number of nitrogens with one attached hydrogen (secondary N) is 1. The van der Waals surface area contributed by atoms with E-state index < -0.39 is 0 Å². The van der Waals surface area contributed by atoms with E-state index in [9.17, 15) is 4.79 Å². The van der Waals surface area contributed by atoms with Crippen molar-refractivity contribution in [2.24, 2.45) is 0 Å². The number of carbonyl (C=O) groups excluding carboxylic acids is 1. The molecule has 3 nitrogen and oxygen atoms in total. The number of thiazole rings is 1. The molecule has 14 heavy (non-hydrogen) atoms. The standard InChI is InChI=1S/C9H13ClN2OS/c10-4-2-1-3-9(13)11-5-8-6-14-7-12-8/h6-7H,1-5H2,(H,11,13). The summed E-state index contributed by atoms with van der Waals surface area (Å²) in [5.41, 5.74) is 2.68. The van der Waals surface area contributed by atoms with Gasteiger partial charge in [0.25, 0.3) is 0 Å². The SMILES string of the molecule is O=C(CCCCCl)NCc1cscn1. The highest BCUT2D eigenvalue weighted by Gasteiger charge is 2.01. The Hall–Kier alpha value is -0.610. The highest BCUT2D eigenvalue weighted by atomic mass is 35.5. The summed E-state index contributed by atoms with van der Waals surface area (Å²) in [6, 6.07) is 0. The lowest BCUT2D eigenvalue weighted by atomic mass is 10.2. The average molecular weight is 233 g/mol. The summed E-state index contributed by atoms with van der Waals surface area (Å²) < 4.78 is 0. The molecule has 1 rings (SSSR count). The zero-order valence-corrected chi connectivity index (χ0v) is 9.40. The maximum atomic E-state index is 11.2. The summed E-state index contributed by atoms with van der Waals surface area (Å²) in [6.45, 7) is 0.531. The minimum Gasteiger partial charge on any atom is -0.350 e. The van der Waals surface area contributed by atoms with Crippen LogP contribution in [0.2, 0.25) is 0 Å². The minimum absolute atomic E-state index is 0.0723. The third-order valence-electron chi connectivity index (χ3n) is 1.74. The number of hydrogen-bond acceptors (Lipinski definition) is 3. The molecule has 1 heterocycles. The maximum absolute atomic E-state index is 11.2. The smallest absolute Gasteiger partial charge is 0.220 e. The second-order valence-electron chi connectivity index (χ2n) is 2.90. The Labute approximate surface area is 92.5 Å². The van der Waals surface area contributed by atoms with Gasteiger partial charge in [0.05, 0.1) is 17.7 Å². The second kappa shape index (κ2) is 6.79. The fourth-order valence-electron chi connectivity index (χ4n) is 0.982. The zero-order valence-electron chi connectivity index (χ0n) is 7.83. The molecule has 1 amide bonds. The molecule has 0 saturated carbocycles. The largest absolute Gasteiger partial charge is 0.350 e. The minimum atomic E-state index is 0.0723. The van der Waals surface area contributed by atoms with Crippen molar-refractivity contribution in [1.29, 1.82) is 0 Å². The van der Waals surface area contributed by atoms with E-state index in [2.05, 4.69) is 10.3 Å². The molecule has 0 aromatic carbocycles. The molecule has 0 unspecified atom stereocenters. The number of aromatic nitrogens is 1. The summed E-state index contributed by atoms with van der Waals surface area (Å²) >= 11 is 7.04. The first-order chi connectivity index (χ1) is 6.83. The Morgan fingerprint density at radius 3 is 3.07 bits per heavy atom. The van der Waals surface area contributed by atoms with E-state index in [4.69, 9.17) is 11.6 Å². The Morgan fingerprint density at radius 1 is 1.57 bits per heavy atom. The van der Waals surface area contributed by atoms with Gasteiger partial charge < -0.3 is 5.32 Å². The first kappa shape index (κ1) is 11.5. The van der Waals surface area contributed by atoms with Crippen molar-refractivity contribution in [2.75, 3.05) is 5.88 Å². The monoisotopic (exact) mass is 232 g/mol. The Morgan fingerprint density at radius 2 is 2.43 bits per heavy atom. The first-order valence-electron chi connectivity index (χ1n) is 4.52. The van der Waals surface area contributed by atoms with E-state index in [-0.39, 0.29) is 5.91 Å². The molecule has 0 saturated heterocycles. The van der Waals surface area contributed by atoms with Gasteiger partial charge in [0.1, 0.15) is 0 Å². The van der Waals surface area contributed by atoms with Gasteiger partial charge >= 0.3 is 0 Å². The first-order valence-corrected chi connectivity index (χ1v) is 6.00. The van der Waals surface area contributed by atoms with Crippen molar-refractivity contribution in [3.8, 4) is 0 Å². The number of carbonyl (C=O) groups is 1. The van der Waals surface area contributed by atoms with Gasteiger partial charge in [0.2, 0.25) is 5.91 Å². The maximum Gasteiger partial charge on any atom is 0.220 e. The van der Waals surface area contributed by atoms with Gasteiger partial charge in [0, 0.05) is 17.7 Å². The summed E-state index contributed by atoms with van der Waals surface area (Å²) in [5.74, 6) is 0.697. The van der Waals surface area contributed by atoms with E-state index >= 15 is 0 Å². The molecule has 5 heteroatoms. The molecule has 0 aliphatic carbocycles. The van der Waals surface area contributed by atoms with Crippen molar-refractivity contribution in [2.45, 2.75) is 25.8 Å². The van der Waals surface area contributed by atoms with Crippen molar-refractivity contribution >= 4 is 28.8 Å². The van der Waals surface area contributed by atoms with Crippen LogP contribution in [0.5, 0.6) is 0 Å². The number of alkyl halides is 1. The summed E-state index contributed by atoms with van der Waals surface area (Å²) in [5, 5.41) is 4.74. The van der Waals surface area contributed by atoms with Crippen LogP contribution in [0.25, 0.3) is 0 Å². The fraction of sp³-hybridized carbons (Fsp3) is 0.556. The zero-order chi connectivity index (χ0) is 10.2. The molecular weight excluding hydrogens is 220 g/mol. The normalized spacial score (nSPS) is 10.1. The third-order valence-corrected chi connectivity index (χ3v) is 2.64. The van der Waals surface area contributed by atoms with E-state index in [1.807, 2.05) is 5.38 Å². The van der Waals surface area contributed by atoms with E-state index in [1.165, 1.54) is 11.3 Å².